The highest BCUT2D eigenvalue weighted by atomic mass is 79.9. The van der Waals surface area contributed by atoms with E-state index in [1.165, 1.54) is 18.2 Å². The Morgan fingerprint density at radius 3 is 2.45 bits per heavy atom. The van der Waals surface area contributed by atoms with Gasteiger partial charge in [0, 0.05) is 10.0 Å². The number of carboxylic acids is 1. The first kappa shape index (κ1) is 24.5. The first-order valence-corrected chi connectivity index (χ1v) is 11.4. The average Bonchev–Trinajstić information content (AvgIpc) is 2.78. The Morgan fingerprint density at radius 1 is 1.12 bits per heavy atom. The number of nitrogens with zero attached hydrogens (tertiary/aromatic N) is 1. The lowest BCUT2D eigenvalue weighted by Crippen LogP contribution is -2.13. The lowest BCUT2D eigenvalue weighted by Gasteiger charge is -2.13. The van der Waals surface area contributed by atoms with Crippen molar-refractivity contribution in [2.24, 2.45) is 0 Å². The Balaban J connectivity index is 1.87. The van der Waals surface area contributed by atoms with Crippen molar-refractivity contribution in [3.8, 4) is 11.8 Å². The van der Waals surface area contributed by atoms with Crippen LogP contribution in [0.2, 0.25) is 5.02 Å². The number of nitriles is 1. The van der Waals surface area contributed by atoms with Gasteiger partial charge in [0.05, 0.1) is 20.7 Å². The first-order chi connectivity index (χ1) is 15.8. The van der Waals surface area contributed by atoms with Crippen LogP contribution in [0.25, 0.3) is 6.08 Å². The Labute approximate surface area is 211 Å². The minimum absolute atomic E-state index is 0.143. The van der Waals surface area contributed by atoms with Crippen LogP contribution in [0.4, 0.5) is 5.69 Å². The minimum Gasteiger partial charge on any atom is -0.487 e. The van der Waals surface area contributed by atoms with Crippen LogP contribution in [0.5, 0.6) is 5.75 Å². The summed E-state index contributed by atoms with van der Waals surface area (Å²) < 4.78 is 7.27. The summed E-state index contributed by atoms with van der Waals surface area (Å²) in [5.74, 6) is -1.21. The number of hydrogen-bond acceptors (Lipinski definition) is 4. The molecule has 0 bridgehead atoms. The Morgan fingerprint density at radius 2 is 1.82 bits per heavy atom. The second-order valence-electron chi connectivity index (χ2n) is 6.70. The number of carbonyl (C=O) groups excluding carboxylic acids is 1. The maximum Gasteiger partial charge on any atom is 0.335 e. The molecule has 0 saturated heterocycles. The maximum absolute atomic E-state index is 12.7. The Kier molecular flexibility index (Phi) is 8.28. The standard InChI is InChI=1S/C24H15Br2ClN2O4/c25-18-10-16(9-17(12-28)23(30)29-21-4-2-1-3-20(21)27)22(19(26)11-18)33-13-14-5-7-15(8-6-14)24(31)32/h1-11H,13H2,(H,29,30)(H,31,32)/b17-9+. The third kappa shape index (κ3) is 6.45. The van der Waals surface area contributed by atoms with Crippen molar-refractivity contribution in [3.05, 3.63) is 96.9 Å². The second-order valence-corrected chi connectivity index (χ2v) is 8.88. The van der Waals surface area contributed by atoms with Crippen molar-refractivity contribution in [3.63, 3.8) is 0 Å². The van der Waals surface area contributed by atoms with Crippen LogP contribution in [0.3, 0.4) is 0 Å². The average molecular weight is 591 g/mol. The number of halogens is 3. The summed E-state index contributed by atoms with van der Waals surface area (Å²) in [7, 11) is 0. The van der Waals surface area contributed by atoms with E-state index in [4.69, 9.17) is 21.4 Å². The maximum atomic E-state index is 12.7. The zero-order valence-corrected chi connectivity index (χ0v) is 20.7. The third-order valence-electron chi connectivity index (χ3n) is 4.41. The SMILES string of the molecule is N#C/C(=C\c1cc(Br)cc(Br)c1OCc1ccc(C(=O)O)cc1)C(=O)Nc1ccccc1Cl. The summed E-state index contributed by atoms with van der Waals surface area (Å²) in [4.78, 5) is 23.7. The van der Waals surface area contributed by atoms with E-state index in [0.29, 0.717) is 31.0 Å². The Bertz CT molecular complexity index is 1280. The number of ether oxygens (including phenoxy) is 1. The van der Waals surface area contributed by atoms with Gasteiger partial charge in [-0.2, -0.15) is 5.26 Å². The van der Waals surface area contributed by atoms with Gasteiger partial charge in [-0.3, -0.25) is 4.79 Å². The number of carbonyl (C=O) groups is 2. The minimum atomic E-state index is -1.01. The second kappa shape index (κ2) is 11.1. The van der Waals surface area contributed by atoms with Crippen molar-refractivity contribution < 1.29 is 19.4 Å². The first-order valence-electron chi connectivity index (χ1n) is 9.40. The van der Waals surface area contributed by atoms with E-state index in [-0.39, 0.29) is 17.7 Å². The fraction of sp³-hybridized carbons (Fsp3) is 0.0417. The van der Waals surface area contributed by atoms with Crippen molar-refractivity contribution in [2.45, 2.75) is 6.61 Å². The van der Waals surface area contributed by atoms with Crippen LogP contribution in [-0.4, -0.2) is 17.0 Å². The molecule has 166 valence electrons. The van der Waals surface area contributed by atoms with Crippen LogP contribution in [0.1, 0.15) is 21.5 Å². The largest absolute Gasteiger partial charge is 0.487 e. The predicted molar refractivity (Wildman–Crippen MR) is 133 cm³/mol. The molecule has 0 aromatic heterocycles. The predicted octanol–water partition coefficient (Wildman–Crippen LogP) is 6.69. The summed E-state index contributed by atoms with van der Waals surface area (Å²) in [5.41, 5.74) is 1.67. The third-order valence-corrected chi connectivity index (χ3v) is 5.78. The van der Waals surface area contributed by atoms with Crippen LogP contribution in [0, 0.1) is 11.3 Å². The highest BCUT2D eigenvalue weighted by molar-refractivity contribution is 9.11. The van der Waals surface area contributed by atoms with E-state index in [0.717, 1.165) is 5.56 Å². The molecule has 0 fully saturated rings. The van der Waals surface area contributed by atoms with Crippen molar-refractivity contribution >= 4 is 67.1 Å². The molecule has 3 rings (SSSR count). The van der Waals surface area contributed by atoms with E-state index in [1.807, 2.05) is 6.07 Å². The number of aromatic carboxylic acids is 1. The molecule has 0 spiro atoms. The number of para-hydroxylation sites is 1. The van der Waals surface area contributed by atoms with Crippen LogP contribution >= 0.6 is 43.5 Å². The molecule has 0 atom stereocenters. The van der Waals surface area contributed by atoms with Crippen LogP contribution < -0.4 is 10.1 Å². The topological polar surface area (TPSA) is 99.4 Å². The van der Waals surface area contributed by atoms with Crippen LogP contribution in [-0.2, 0) is 11.4 Å². The zero-order chi connectivity index (χ0) is 24.0. The van der Waals surface area contributed by atoms with Gasteiger partial charge in [-0.25, -0.2) is 4.79 Å². The van der Waals surface area contributed by atoms with Crippen molar-refractivity contribution in [1.82, 2.24) is 0 Å². The van der Waals surface area contributed by atoms with E-state index in [2.05, 4.69) is 37.2 Å². The molecular formula is C24H15Br2ClN2O4. The van der Waals surface area contributed by atoms with Gasteiger partial charge in [-0.15, -0.1) is 0 Å². The highest BCUT2D eigenvalue weighted by Gasteiger charge is 2.15. The molecule has 3 aromatic carbocycles. The monoisotopic (exact) mass is 588 g/mol. The fourth-order valence-electron chi connectivity index (χ4n) is 2.80. The molecule has 0 unspecified atom stereocenters. The van der Waals surface area contributed by atoms with Gasteiger partial charge in [0.2, 0.25) is 0 Å². The molecule has 0 radical (unpaired) electrons. The molecule has 9 heteroatoms. The van der Waals surface area contributed by atoms with E-state index < -0.39 is 11.9 Å². The fourth-order valence-corrected chi connectivity index (χ4v) is 4.35. The molecule has 0 aliphatic rings. The smallest absolute Gasteiger partial charge is 0.335 e. The lowest BCUT2D eigenvalue weighted by molar-refractivity contribution is -0.112. The van der Waals surface area contributed by atoms with Crippen LogP contribution in [0.15, 0.2) is 75.2 Å². The molecule has 2 N–H and O–H groups in total. The quantitative estimate of drug-likeness (QED) is 0.236. The zero-order valence-electron chi connectivity index (χ0n) is 16.8. The number of nitrogens with one attached hydrogen (secondary N) is 1. The van der Waals surface area contributed by atoms with Gasteiger partial charge >= 0.3 is 5.97 Å². The number of carboxylic acid groups (broad SMARTS) is 1. The van der Waals surface area contributed by atoms with Gasteiger partial charge in [-0.1, -0.05) is 51.8 Å². The van der Waals surface area contributed by atoms with E-state index in [9.17, 15) is 14.9 Å². The normalized spacial score (nSPS) is 10.9. The number of benzene rings is 3. The highest BCUT2D eigenvalue weighted by Crippen LogP contribution is 2.35. The summed E-state index contributed by atoms with van der Waals surface area (Å²) in [6.07, 6.45) is 1.42. The molecule has 6 nitrogen and oxygen atoms in total. The molecule has 0 aliphatic heterocycles. The molecule has 0 aliphatic carbocycles. The summed E-state index contributed by atoms with van der Waals surface area (Å²) in [6, 6.07) is 18.4. The Hall–Kier alpha value is -3.12. The number of rotatable bonds is 7. The molecule has 0 saturated carbocycles. The van der Waals surface area contributed by atoms with Gasteiger partial charge < -0.3 is 15.2 Å². The van der Waals surface area contributed by atoms with E-state index in [1.54, 1.807) is 48.5 Å². The van der Waals surface area contributed by atoms with Gasteiger partial charge in [-0.05, 0) is 64.0 Å². The molecular weight excluding hydrogens is 576 g/mol. The molecule has 1 amide bonds. The molecule has 3 aromatic rings. The van der Waals surface area contributed by atoms with E-state index >= 15 is 0 Å². The summed E-state index contributed by atoms with van der Waals surface area (Å²) in [5, 5.41) is 21.6. The lowest BCUT2D eigenvalue weighted by atomic mass is 10.1. The van der Waals surface area contributed by atoms with Gasteiger partial charge in [0.15, 0.2) is 0 Å². The summed E-state index contributed by atoms with van der Waals surface area (Å²) in [6.45, 7) is 0.147. The van der Waals surface area contributed by atoms with Gasteiger partial charge in [0.1, 0.15) is 24.0 Å². The number of hydrogen-bond donors (Lipinski definition) is 2. The summed E-state index contributed by atoms with van der Waals surface area (Å²) >= 11 is 12.9. The number of anilines is 1. The molecule has 0 heterocycles. The number of amides is 1. The van der Waals surface area contributed by atoms with Crippen molar-refractivity contribution in [2.75, 3.05) is 5.32 Å². The van der Waals surface area contributed by atoms with Gasteiger partial charge in [0.25, 0.3) is 5.91 Å². The van der Waals surface area contributed by atoms with Crippen molar-refractivity contribution in [1.29, 1.82) is 5.26 Å². The molecule has 33 heavy (non-hydrogen) atoms.